The third-order valence-electron chi connectivity index (χ3n) is 5.65. The lowest BCUT2D eigenvalue weighted by molar-refractivity contribution is -0.130. The molecule has 0 radical (unpaired) electrons. The Morgan fingerprint density at radius 3 is 2.70 bits per heavy atom. The molecule has 2 aromatic rings. The summed E-state index contributed by atoms with van der Waals surface area (Å²) >= 11 is 6.32. The second kappa shape index (κ2) is 13.0. The molecule has 2 aliphatic heterocycles. The first-order valence-electron chi connectivity index (χ1n) is 12.1. The minimum Gasteiger partial charge on any atom is -0.492 e. The van der Waals surface area contributed by atoms with Crippen molar-refractivity contribution < 1.29 is 23.9 Å². The molecule has 4 bridgehead atoms. The van der Waals surface area contributed by atoms with Gasteiger partial charge in [-0.1, -0.05) is 30.7 Å². The molecule has 4 amide bonds. The van der Waals surface area contributed by atoms with Crippen molar-refractivity contribution in [3.05, 3.63) is 40.7 Å². The van der Waals surface area contributed by atoms with Crippen LogP contribution < -0.4 is 26.4 Å². The summed E-state index contributed by atoms with van der Waals surface area (Å²) in [5.41, 5.74) is 6.04. The first-order chi connectivity index (χ1) is 17.6. The first-order valence-corrected chi connectivity index (χ1v) is 12.5. The molecular weight excluding hydrogens is 502 g/mol. The van der Waals surface area contributed by atoms with E-state index in [0.29, 0.717) is 37.4 Å². The zero-order valence-electron chi connectivity index (χ0n) is 20.8. The smallest absolute Gasteiger partial charge is 0.251 e. The average Bonchev–Trinajstić information content (AvgIpc) is 3.29. The quantitative estimate of drug-likeness (QED) is 0.414. The number of rotatable bonds is 5. The largest absolute Gasteiger partial charge is 0.492 e. The molecule has 0 saturated carbocycles. The lowest BCUT2D eigenvalue weighted by Crippen LogP contribution is -2.54. The Morgan fingerprint density at radius 1 is 1.22 bits per heavy atom. The summed E-state index contributed by atoms with van der Waals surface area (Å²) in [6, 6.07) is 2.56. The van der Waals surface area contributed by atoms with E-state index in [1.807, 2.05) is 13.8 Å². The Hall–Kier alpha value is -3.67. The number of carbonyl (C=O) groups is 4. The van der Waals surface area contributed by atoms with Crippen LogP contribution in [0.2, 0.25) is 5.02 Å². The maximum atomic E-state index is 13.2. The number of nitrogens with two attached hydrogens (primary N) is 1. The van der Waals surface area contributed by atoms with E-state index in [-0.39, 0.29) is 35.9 Å². The highest BCUT2D eigenvalue weighted by molar-refractivity contribution is 6.32. The first kappa shape index (κ1) is 27.9. The summed E-state index contributed by atoms with van der Waals surface area (Å²) < 4.78 is 7.37. The fourth-order valence-corrected chi connectivity index (χ4v) is 4.00. The molecule has 13 heteroatoms. The average molecular weight is 534 g/mol. The number of amides is 4. The van der Waals surface area contributed by atoms with Crippen LogP contribution in [0, 0.1) is 5.92 Å². The molecule has 200 valence electrons. The van der Waals surface area contributed by atoms with Gasteiger partial charge in [-0.3, -0.25) is 23.9 Å². The Kier molecular flexibility index (Phi) is 9.84. The molecule has 1 aromatic carbocycles. The molecular formula is C24H32ClN7O5. The van der Waals surface area contributed by atoms with E-state index in [2.05, 4.69) is 26.3 Å². The van der Waals surface area contributed by atoms with Gasteiger partial charge in [0.1, 0.15) is 23.5 Å². The summed E-state index contributed by atoms with van der Waals surface area (Å²) in [5.74, 6) is -1.71. The van der Waals surface area contributed by atoms with Gasteiger partial charge in [-0.15, -0.1) is 5.10 Å². The van der Waals surface area contributed by atoms with E-state index in [0.717, 1.165) is 0 Å². The summed E-state index contributed by atoms with van der Waals surface area (Å²) in [6.45, 7) is 4.86. The second-order valence-corrected chi connectivity index (χ2v) is 9.67. The monoisotopic (exact) mass is 533 g/mol. The zero-order valence-corrected chi connectivity index (χ0v) is 21.6. The minimum atomic E-state index is -1.11. The third kappa shape index (κ3) is 8.45. The molecule has 0 unspecified atom stereocenters. The van der Waals surface area contributed by atoms with Gasteiger partial charge in [-0.05, 0) is 37.0 Å². The molecule has 3 heterocycles. The number of carbonyl (C=O) groups excluding carboxylic acids is 4. The molecule has 4 rings (SSSR count). The van der Waals surface area contributed by atoms with Crippen molar-refractivity contribution in [2.75, 3.05) is 6.61 Å². The molecule has 1 aromatic heterocycles. The van der Waals surface area contributed by atoms with Gasteiger partial charge in [0, 0.05) is 24.9 Å². The molecule has 37 heavy (non-hydrogen) atoms. The number of benzene rings is 1. The topological polar surface area (TPSA) is 170 Å². The number of halogens is 1. The Labute approximate surface area is 219 Å². The highest BCUT2D eigenvalue weighted by Gasteiger charge is 2.28. The number of fused-ring (bicyclic) bond motifs is 13. The highest BCUT2D eigenvalue weighted by Crippen LogP contribution is 2.26. The van der Waals surface area contributed by atoms with E-state index in [4.69, 9.17) is 22.1 Å². The maximum absolute atomic E-state index is 13.2. The van der Waals surface area contributed by atoms with Gasteiger partial charge < -0.3 is 26.4 Å². The van der Waals surface area contributed by atoms with Crippen molar-refractivity contribution in [2.45, 2.75) is 64.7 Å². The van der Waals surface area contributed by atoms with Crippen molar-refractivity contribution in [1.29, 1.82) is 0 Å². The molecule has 0 aliphatic carbocycles. The highest BCUT2D eigenvalue weighted by atomic mass is 35.5. The van der Waals surface area contributed by atoms with Crippen LogP contribution >= 0.6 is 11.6 Å². The van der Waals surface area contributed by atoms with Gasteiger partial charge >= 0.3 is 0 Å². The molecule has 0 fully saturated rings. The molecule has 5 N–H and O–H groups in total. The zero-order chi connectivity index (χ0) is 26.9. The van der Waals surface area contributed by atoms with E-state index >= 15 is 0 Å². The standard InChI is InChI=1S/C24H32ClN7O5/c1-14(2)10-19-23(35)27-12-16-13-32(31-30-16)8-3-9-37-20-6-4-15(11-17(20)25)22(34)28-18(24(36)29-19)5-7-21(26)33/h4,6,11,13-14,18-19H,3,5,7-10,12H2,1-2H3,(H2,26,33)(H,27,35)(H,28,34)(H,29,36)/t18-,19-/m1/s1. The SMILES string of the molecule is CC(C)C[C@H]1NC(=O)[C@@H](CCC(N)=O)NC(=O)c2ccc(c(Cl)c2)OCCCn2cc(nn2)CNC1=O. The number of hydrogen-bond acceptors (Lipinski definition) is 7. The molecule has 2 atom stereocenters. The van der Waals surface area contributed by atoms with Crippen LogP contribution in [0.15, 0.2) is 24.4 Å². The van der Waals surface area contributed by atoms with Crippen molar-refractivity contribution in [1.82, 2.24) is 30.9 Å². The van der Waals surface area contributed by atoms with Crippen LogP contribution in [0.3, 0.4) is 0 Å². The Bertz CT molecular complexity index is 1140. The van der Waals surface area contributed by atoms with Gasteiger partial charge in [0.05, 0.1) is 24.4 Å². The number of nitrogens with zero attached hydrogens (tertiary/aromatic N) is 3. The minimum absolute atomic E-state index is 0.0407. The normalized spacial score (nSPS) is 19.5. The molecule has 0 spiro atoms. The number of primary amides is 1. The van der Waals surface area contributed by atoms with Crippen LogP contribution in [0.5, 0.6) is 5.75 Å². The number of ether oxygens (including phenoxy) is 1. The van der Waals surface area contributed by atoms with Crippen LogP contribution in [-0.4, -0.2) is 57.3 Å². The fraction of sp³-hybridized carbons (Fsp3) is 0.500. The van der Waals surface area contributed by atoms with Crippen LogP contribution in [0.1, 0.15) is 55.6 Å². The van der Waals surface area contributed by atoms with Gasteiger partial charge in [-0.2, -0.15) is 0 Å². The van der Waals surface area contributed by atoms with E-state index in [1.165, 1.54) is 12.1 Å². The summed E-state index contributed by atoms with van der Waals surface area (Å²) in [6.07, 6.45) is 2.53. The summed E-state index contributed by atoms with van der Waals surface area (Å²) in [4.78, 5) is 50.5. The second-order valence-electron chi connectivity index (χ2n) is 9.26. The molecule has 2 aliphatic rings. The van der Waals surface area contributed by atoms with E-state index in [1.54, 1.807) is 16.9 Å². The third-order valence-corrected chi connectivity index (χ3v) is 5.95. The van der Waals surface area contributed by atoms with Crippen LogP contribution in [-0.2, 0) is 27.5 Å². The van der Waals surface area contributed by atoms with E-state index < -0.39 is 35.7 Å². The van der Waals surface area contributed by atoms with Crippen molar-refractivity contribution in [3.63, 3.8) is 0 Å². The van der Waals surface area contributed by atoms with E-state index in [9.17, 15) is 19.2 Å². The van der Waals surface area contributed by atoms with Gasteiger partial charge in [0.15, 0.2) is 0 Å². The lowest BCUT2D eigenvalue weighted by atomic mass is 10.0. The lowest BCUT2D eigenvalue weighted by Gasteiger charge is -2.24. The van der Waals surface area contributed by atoms with Crippen LogP contribution in [0.4, 0.5) is 0 Å². The Balaban J connectivity index is 1.88. The number of aryl methyl sites for hydroxylation is 1. The number of nitrogens with one attached hydrogen (secondary N) is 3. The van der Waals surface area contributed by atoms with Gasteiger partial charge in [0.2, 0.25) is 17.7 Å². The number of aromatic nitrogens is 3. The summed E-state index contributed by atoms with van der Waals surface area (Å²) in [5, 5.41) is 16.5. The predicted octanol–water partition coefficient (Wildman–Crippen LogP) is 0.925. The van der Waals surface area contributed by atoms with Crippen molar-refractivity contribution >= 4 is 35.2 Å². The van der Waals surface area contributed by atoms with Gasteiger partial charge in [0.25, 0.3) is 5.91 Å². The van der Waals surface area contributed by atoms with Crippen molar-refractivity contribution in [2.24, 2.45) is 11.7 Å². The maximum Gasteiger partial charge on any atom is 0.251 e. The van der Waals surface area contributed by atoms with Gasteiger partial charge in [-0.25, -0.2) is 0 Å². The van der Waals surface area contributed by atoms with Crippen molar-refractivity contribution in [3.8, 4) is 5.75 Å². The predicted molar refractivity (Wildman–Crippen MR) is 135 cm³/mol. The molecule has 0 saturated heterocycles. The fourth-order valence-electron chi connectivity index (χ4n) is 3.77. The number of hydrogen-bond donors (Lipinski definition) is 4. The van der Waals surface area contributed by atoms with Crippen LogP contribution in [0.25, 0.3) is 0 Å². The molecule has 12 nitrogen and oxygen atoms in total. The summed E-state index contributed by atoms with van der Waals surface area (Å²) in [7, 11) is 0. The Morgan fingerprint density at radius 2 is 2.00 bits per heavy atom.